The van der Waals surface area contributed by atoms with Crippen LogP contribution in [0.15, 0.2) is 48.5 Å². The summed E-state index contributed by atoms with van der Waals surface area (Å²) in [6, 6.07) is 14.7. The van der Waals surface area contributed by atoms with E-state index in [-0.39, 0.29) is 23.3 Å². The summed E-state index contributed by atoms with van der Waals surface area (Å²) in [4.78, 5) is 21.4. The molecule has 1 atom stereocenters. The number of ether oxygens (including phenoxy) is 3. The Morgan fingerprint density at radius 2 is 1.60 bits per heavy atom. The van der Waals surface area contributed by atoms with Crippen LogP contribution < -0.4 is 9.64 Å². The van der Waals surface area contributed by atoms with Gasteiger partial charge in [0.2, 0.25) is 0 Å². The fourth-order valence-corrected chi connectivity index (χ4v) is 7.37. The van der Waals surface area contributed by atoms with E-state index in [1.165, 1.54) is 50.7 Å². The van der Waals surface area contributed by atoms with Crippen LogP contribution in [0.25, 0.3) is 11.1 Å². The highest BCUT2D eigenvalue weighted by molar-refractivity contribution is 5.88. The van der Waals surface area contributed by atoms with Crippen molar-refractivity contribution in [2.45, 2.75) is 118 Å². The monoisotopic (exact) mass is 644 g/mol. The third kappa shape index (κ3) is 8.72. The number of anilines is 1. The maximum Gasteiger partial charge on any atom is 0.340 e. The van der Waals surface area contributed by atoms with Crippen molar-refractivity contribution in [3.8, 4) is 16.9 Å². The van der Waals surface area contributed by atoms with E-state index in [1.54, 1.807) is 12.1 Å². The summed E-state index contributed by atoms with van der Waals surface area (Å²) < 4.78 is 31.8. The highest BCUT2D eigenvalue weighted by Gasteiger charge is 2.42. The Balaban J connectivity index is 1.55. The standard InChI is InChI=1S/C40H53FN2O4/c1-27(2)46-38(44)37(47-39(5,6)7)35-29(4)42-28(3)34(36(35)43-24-23-40(26-43)21-10-8-9-11-22-40)31-14-18-33(19-15-31)45-25-20-30-12-16-32(41)17-13-30/h12-19,27,37H,8-11,20-26H2,1-7H3. The van der Waals surface area contributed by atoms with Gasteiger partial charge in [-0.3, -0.25) is 4.98 Å². The number of pyridine rings is 1. The van der Waals surface area contributed by atoms with Gasteiger partial charge in [0.25, 0.3) is 0 Å². The van der Waals surface area contributed by atoms with E-state index in [0.29, 0.717) is 13.0 Å². The van der Waals surface area contributed by atoms with E-state index in [0.717, 1.165) is 64.6 Å². The number of esters is 1. The number of nitrogens with zero attached hydrogens (tertiary/aromatic N) is 2. The quantitative estimate of drug-likeness (QED) is 0.205. The molecule has 2 aromatic carbocycles. The van der Waals surface area contributed by atoms with Gasteiger partial charge in [-0.2, -0.15) is 0 Å². The van der Waals surface area contributed by atoms with Gasteiger partial charge >= 0.3 is 5.97 Å². The highest BCUT2D eigenvalue weighted by Crippen LogP contribution is 2.49. The Kier molecular flexibility index (Phi) is 11.0. The summed E-state index contributed by atoms with van der Waals surface area (Å²) in [5.74, 6) is 0.146. The fourth-order valence-electron chi connectivity index (χ4n) is 7.37. The molecule has 1 spiro atoms. The van der Waals surface area contributed by atoms with Crippen molar-refractivity contribution >= 4 is 11.7 Å². The summed E-state index contributed by atoms with van der Waals surface area (Å²) in [7, 11) is 0. The van der Waals surface area contributed by atoms with Gasteiger partial charge < -0.3 is 19.1 Å². The number of halogens is 1. The molecule has 1 aliphatic heterocycles. The molecule has 47 heavy (non-hydrogen) atoms. The number of aromatic nitrogens is 1. The number of carbonyl (C=O) groups excluding carboxylic acids is 1. The van der Waals surface area contributed by atoms with Gasteiger partial charge in [-0.25, -0.2) is 9.18 Å². The van der Waals surface area contributed by atoms with E-state index >= 15 is 0 Å². The predicted octanol–water partition coefficient (Wildman–Crippen LogP) is 9.48. The lowest BCUT2D eigenvalue weighted by Crippen LogP contribution is -2.34. The van der Waals surface area contributed by atoms with Gasteiger partial charge in [0.1, 0.15) is 11.6 Å². The van der Waals surface area contributed by atoms with Crippen LogP contribution in [0, 0.1) is 25.1 Å². The second-order valence-electron chi connectivity index (χ2n) is 14.9. The highest BCUT2D eigenvalue weighted by atomic mass is 19.1. The first-order chi connectivity index (χ1) is 22.3. The fraction of sp³-hybridized carbons (Fsp3) is 0.550. The van der Waals surface area contributed by atoms with E-state index in [2.05, 4.69) is 24.0 Å². The largest absolute Gasteiger partial charge is 0.493 e. The van der Waals surface area contributed by atoms with Crippen molar-refractivity contribution < 1.29 is 23.4 Å². The maximum absolute atomic E-state index is 13.9. The van der Waals surface area contributed by atoms with Crippen molar-refractivity contribution in [1.82, 2.24) is 4.98 Å². The second kappa shape index (κ2) is 14.8. The van der Waals surface area contributed by atoms with Crippen molar-refractivity contribution in [1.29, 1.82) is 0 Å². The Labute approximate surface area is 281 Å². The topological polar surface area (TPSA) is 60.9 Å². The average molecular weight is 645 g/mol. The molecule has 0 radical (unpaired) electrons. The molecule has 0 N–H and O–H groups in total. The van der Waals surface area contributed by atoms with Crippen molar-refractivity contribution in [2.75, 3.05) is 24.6 Å². The minimum atomic E-state index is -0.918. The molecule has 2 heterocycles. The lowest BCUT2D eigenvalue weighted by molar-refractivity contribution is -0.171. The van der Waals surface area contributed by atoms with E-state index in [9.17, 15) is 9.18 Å². The minimum absolute atomic E-state index is 0.236. The summed E-state index contributed by atoms with van der Waals surface area (Å²) in [5.41, 5.74) is 6.32. The molecule has 5 rings (SSSR count). The molecule has 1 saturated carbocycles. The van der Waals surface area contributed by atoms with Crippen LogP contribution in [0.2, 0.25) is 0 Å². The maximum atomic E-state index is 13.9. The number of hydrogen-bond acceptors (Lipinski definition) is 6. The molecule has 1 unspecified atom stereocenters. The molecule has 2 aliphatic rings. The van der Waals surface area contributed by atoms with E-state index < -0.39 is 11.7 Å². The number of carbonyl (C=O) groups is 1. The number of aryl methyl sites for hydroxylation is 2. The molecule has 0 amide bonds. The summed E-state index contributed by atoms with van der Waals surface area (Å²) in [5, 5.41) is 0. The Morgan fingerprint density at radius 1 is 0.936 bits per heavy atom. The average Bonchev–Trinajstić information content (AvgIpc) is 3.27. The zero-order valence-corrected chi connectivity index (χ0v) is 29.5. The first kappa shape index (κ1) is 34.9. The first-order valence-electron chi connectivity index (χ1n) is 17.5. The van der Waals surface area contributed by atoms with Crippen molar-refractivity contribution in [2.24, 2.45) is 5.41 Å². The molecule has 1 aliphatic carbocycles. The summed E-state index contributed by atoms with van der Waals surface area (Å²) in [6.07, 6.45) is 8.33. The van der Waals surface area contributed by atoms with Crippen LogP contribution >= 0.6 is 0 Å². The van der Waals surface area contributed by atoms with E-state index in [1.807, 2.05) is 53.7 Å². The zero-order valence-electron chi connectivity index (χ0n) is 29.5. The SMILES string of the molecule is Cc1nc(C)c(C(OC(C)(C)C)C(=O)OC(C)C)c(N2CCC3(CCCCCC3)C2)c1-c1ccc(OCCc2ccc(F)cc2)cc1. The molecule has 1 saturated heterocycles. The van der Waals surface area contributed by atoms with Gasteiger partial charge in [-0.05, 0) is 109 Å². The summed E-state index contributed by atoms with van der Waals surface area (Å²) >= 11 is 0. The third-order valence-electron chi connectivity index (χ3n) is 9.51. The molecular formula is C40H53FN2O4. The Morgan fingerprint density at radius 3 is 2.21 bits per heavy atom. The van der Waals surface area contributed by atoms with Gasteiger partial charge in [0, 0.05) is 42.0 Å². The van der Waals surface area contributed by atoms with Crippen LogP contribution in [0.5, 0.6) is 5.75 Å². The molecular weight excluding hydrogens is 591 g/mol. The van der Waals surface area contributed by atoms with Crippen LogP contribution in [0.1, 0.15) is 108 Å². The predicted molar refractivity (Wildman–Crippen MR) is 187 cm³/mol. The normalized spacial score (nSPS) is 17.2. The number of benzene rings is 2. The van der Waals surface area contributed by atoms with Gasteiger partial charge in [0.05, 0.1) is 24.0 Å². The lowest BCUT2D eigenvalue weighted by Gasteiger charge is -2.34. The van der Waals surface area contributed by atoms with Crippen molar-refractivity contribution in [3.05, 3.63) is 76.9 Å². The van der Waals surface area contributed by atoms with Crippen molar-refractivity contribution in [3.63, 3.8) is 0 Å². The Bertz CT molecular complexity index is 1500. The first-order valence-corrected chi connectivity index (χ1v) is 17.5. The molecule has 6 nitrogen and oxygen atoms in total. The van der Waals surface area contributed by atoms with Crippen LogP contribution in [0.3, 0.4) is 0 Å². The number of hydrogen-bond donors (Lipinski definition) is 0. The zero-order chi connectivity index (χ0) is 33.8. The van der Waals surface area contributed by atoms with Gasteiger partial charge in [0.15, 0.2) is 6.10 Å². The smallest absolute Gasteiger partial charge is 0.340 e. The molecule has 7 heteroatoms. The lowest BCUT2D eigenvalue weighted by atomic mass is 9.80. The second-order valence-corrected chi connectivity index (χ2v) is 14.9. The minimum Gasteiger partial charge on any atom is -0.493 e. The molecule has 0 bridgehead atoms. The molecule has 2 fully saturated rings. The molecule has 1 aromatic heterocycles. The van der Waals surface area contributed by atoms with Gasteiger partial charge in [-0.1, -0.05) is 49.9 Å². The summed E-state index contributed by atoms with van der Waals surface area (Å²) in [6.45, 7) is 16.1. The molecule has 3 aromatic rings. The molecule has 254 valence electrons. The number of rotatable bonds is 10. The van der Waals surface area contributed by atoms with Crippen LogP contribution in [-0.4, -0.2) is 42.4 Å². The van der Waals surface area contributed by atoms with Crippen LogP contribution in [0.4, 0.5) is 10.1 Å². The van der Waals surface area contributed by atoms with Gasteiger partial charge in [-0.15, -0.1) is 0 Å². The Hall–Kier alpha value is -3.45. The van der Waals surface area contributed by atoms with Crippen LogP contribution in [-0.2, 0) is 20.7 Å². The van der Waals surface area contributed by atoms with E-state index in [4.69, 9.17) is 19.2 Å². The third-order valence-corrected chi connectivity index (χ3v) is 9.51.